The fourth-order valence-corrected chi connectivity index (χ4v) is 1.53. The fraction of sp³-hybridized carbons (Fsp3) is 0. The number of hydrogen-bond donors (Lipinski definition) is 0. The molecule has 0 heterocycles. The summed E-state index contributed by atoms with van der Waals surface area (Å²) in [6, 6.07) is 10.3. The second kappa shape index (κ2) is 5.40. The van der Waals surface area contributed by atoms with Gasteiger partial charge in [-0.2, -0.15) is 0 Å². The molecule has 2 aromatic rings. The quantitative estimate of drug-likeness (QED) is 0.426. The van der Waals surface area contributed by atoms with E-state index in [1.165, 1.54) is 24.3 Å². The largest absolute Gasteiger partial charge is 0.457 e. The predicted octanol–water partition coefficient (Wildman–Crippen LogP) is 5.21. The first-order valence-corrected chi connectivity index (χ1v) is 5.35. The van der Waals surface area contributed by atoms with Crippen LogP contribution in [0.3, 0.4) is 0 Å². The Labute approximate surface area is 107 Å². The molecule has 0 atom stereocenters. The standard InChI is InChI=1S/C12H7ClFN3O/c13-8-4-5-12(11(6-8)16-17-15)18-10-3-1-2-9(14)7-10/h1-7H. The summed E-state index contributed by atoms with van der Waals surface area (Å²) in [5, 5.41) is 3.88. The summed E-state index contributed by atoms with van der Waals surface area (Å²) in [5.41, 5.74) is 8.69. The van der Waals surface area contributed by atoms with Gasteiger partial charge in [-0.05, 0) is 35.9 Å². The Morgan fingerprint density at radius 3 is 2.78 bits per heavy atom. The van der Waals surface area contributed by atoms with E-state index in [4.69, 9.17) is 21.9 Å². The van der Waals surface area contributed by atoms with Gasteiger partial charge in [0.2, 0.25) is 0 Å². The molecule has 0 N–H and O–H groups in total. The van der Waals surface area contributed by atoms with Crippen LogP contribution < -0.4 is 4.74 Å². The average molecular weight is 264 g/mol. The minimum absolute atomic E-state index is 0.245. The van der Waals surface area contributed by atoms with E-state index in [9.17, 15) is 4.39 Å². The SMILES string of the molecule is [N-]=[N+]=Nc1cc(Cl)ccc1Oc1cccc(F)c1. The molecule has 0 aliphatic heterocycles. The van der Waals surface area contributed by atoms with Crippen molar-refractivity contribution in [3.63, 3.8) is 0 Å². The van der Waals surface area contributed by atoms with Crippen LogP contribution in [0.15, 0.2) is 47.6 Å². The molecule has 0 saturated carbocycles. The van der Waals surface area contributed by atoms with E-state index in [1.807, 2.05) is 0 Å². The normalized spacial score (nSPS) is 9.67. The Balaban J connectivity index is 2.36. The van der Waals surface area contributed by atoms with Crippen LogP contribution in [-0.4, -0.2) is 0 Å². The molecule has 0 aliphatic carbocycles. The highest BCUT2D eigenvalue weighted by Gasteiger charge is 2.05. The molecule has 0 saturated heterocycles. The lowest BCUT2D eigenvalue weighted by Crippen LogP contribution is -1.85. The lowest BCUT2D eigenvalue weighted by atomic mass is 10.3. The molecule has 6 heteroatoms. The first-order chi connectivity index (χ1) is 8.69. The van der Waals surface area contributed by atoms with Gasteiger partial charge in [0.1, 0.15) is 17.3 Å². The molecule has 2 aromatic carbocycles. The molecule has 0 radical (unpaired) electrons. The molecule has 4 nitrogen and oxygen atoms in total. The zero-order valence-electron chi connectivity index (χ0n) is 9.05. The summed E-state index contributed by atoms with van der Waals surface area (Å²) >= 11 is 5.78. The number of benzene rings is 2. The summed E-state index contributed by atoms with van der Waals surface area (Å²) in [6.07, 6.45) is 0. The third-order valence-electron chi connectivity index (χ3n) is 2.10. The van der Waals surface area contributed by atoms with Gasteiger partial charge in [0.05, 0.1) is 5.69 Å². The van der Waals surface area contributed by atoms with Crippen molar-refractivity contribution >= 4 is 17.3 Å². The van der Waals surface area contributed by atoms with E-state index in [0.29, 0.717) is 16.5 Å². The van der Waals surface area contributed by atoms with E-state index in [0.717, 1.165) is 0 Å². The predicted molar refractivity (Wildman–Crippen MR) is 66.7 cm³/mol. The van der Waals surface area contributed by atoms with Crippen molar-refractivity contribution in [1.29, 1.82) is 0 Å². The van der Waals surface area contributed by atoms with Gasteiger partial charge in [0, 0.05) is 16.0 Å². The highest BCUT2D eigenvalue weighted by Crippen LogP contribution is 2.34. The monoisotopic (exact) mass is 263 g/mol. The van der Waals surface area contributed by atoms with Crippen molar-refractivity contribution in [1.82, 2.24) is 0 Å². The van der Waals surface area contributed by atoms with Gasteiger partial charge in [-0.3, -0.25) is 0 Å². The first-order valence-electron chi connectivity index (χ1n) is 4.97. The maximum atomic E-state index is 13.0. The Bertz CT molecular complexity index is 626. The van der Waals surface area contributed by atoms with E-state index in [-0.39, 0.29) is 5.69 Å². The number of hydrogen-bond acceptors (Lipinski definition) is 2. The van der Waals surface area contributed by atoms with Crippen LogP contribution in [0.25, 0.3) is 10.4 Å². The minimum Gasteiger partial charge on any atom is -0.457 e. The second-order valence-electron chi connectivity index (χ2n) is 3.36. The van der Waals surface area contributed by atoms with Crippen LogP contribution >= 0.6 is 11.6 Å². The van der Waals surface area contributed by atoms with E-state index >= 15 is 0 Å². The zero-order valence-corrected chi connectivity index (χ0v) is 9.80. The molecular weight excluding hydrogens is 257 g/mol. The molecule has 0 bridgehead atoms. The molecular formula is C12H7ClFN3O. The van der Waals surface area contributed by atoms with E-state index < -0.39 is 5.82 Å². The fourth-order valence-electron chi connectivity index (χ4n) is 1.36. The van der Waals surface area contributed by atoms with Crippen molar-refractivity contribution in [2.24, 2.45) is 5.11 Å². The van der Waals surface area contributed by atoms with Crippen molar-refractivity contribution < 1.29 is 9.13 Å². The summed E-state index contributed by atoms with van der Waals surface area (Å²) in [5.74, 6) is 0.210. The van der Waals surface area contributed by atoms with Gasteiger partial charge < -0.3 is 4.74 Å². The molecule has 2 rings (SSSR count). The van der Waals surface area contributed by atoms with Crippen LogP contribution in [0.4, 0.5) is 10.1 Å². The Morgan fingerprint density at radius 2 is 2.06 bits per heavy atom. The van der Waals surface area contributed by atoms with Gasteiger partial charge >= 0.3 is 0 Å². The van der Waals surface area contributed by atoms with E-state index in [2.05, 4.69) is 10.0 Å². The van der Waals surface area contributed by atoms with Crippen molar-refractivity contribution in [2.45, 2.75) is 0 Å². The molecule has 0 amide bonds. The van der Waals surface area contributed by atoms with Gasteiger partial charge in [0.25, 0.3) is 0 Å². The Kier molecular flexibility index (Phi) is 3.67. The highest BCUT2D eigenvalue weighted by atomic mass is 35.5. The number of rotatable bonds is 3. The van der Waals surface area contributed by atoms with Gasteiger partial charge in [-0.15, -0.1) is 0 Å². The maximum absolute atomic E-state index is 13.0. The van der Waals surface area contributed by atoms with Gasteiger partial charge in [-0.1, -0.05) is 22.8 Å². The summed E-state index contributed by atoms with van der Waals surface area (Å²) < 4.78 is 18.4. The lowest BCUT2D eigenvalue weighted by Gasteiger charge is -2.08. The first kappa shape index (κ1) is 12.2. The smallest absolute Gasteiger partial charge is 0.137 e. The third kappa shape index (κ3) is 2.91. The Morgan fingerprint density at radius 1 is 1.22 bits per heavy atom. The van der Waals surface area contributed by atoms with Gasteiger partial charge in [0.15, 0.2) is 0 Å². The van der Waals surface area contributed by atoms with Gasteiger partial charge in [-0.25, -0.2) is 4.39 Å². The lowest BCUT2D eigenvalue weighted by molar-refractivity contribution is 0.478. The average Bonchev–Trinajstić information content (AvgIpc) is 2.33. The van der Waals surface area contributed by atoms with Crippen LogP contribution in [-0.2, 0) is 0 Å². The molecule has 0 aliphatic rings. The van der Waals surface area contributed by atoms with Crippen molar-refractivity contribution in [2.75, 3.05) is 0 Å². The number of azide groups is 1. The number of halogens is 2. The van der Waals surface area contributed by atoms with Crippen molar-refractivity contribution in [3.8, 4) is 11.5 Å². The second-order valence-corrected chi connectivity index (χ2v) is 3.80. The van der Waals surface area contributed by atoms with Crippen LogP contribution in [0.2, 0.25) is 5.02 Å². The van der Waals surface area contributed by atoms with Crippen LogP contribution in [0, 0.1) is 5.82 Å². The summed E-state index contributed by atoms with van der Waals surface area (Å²) in [7, 11) is 0. The zero-order chi connectivity index (χ0) is 13.0. The number of ether oxygens (including phenoxy) is 1. The van der Waals surface area contributed by atoms with E-state index in [1.54, 1.807) is 18.2 Å². The Hall–Kier alpha value is -2.23. The molecule has 90 valence electrons. The van der Waals surface area contributed by atoms with Crippen LogP contribution in [0.5, 0.6) is 11.5 Å². The van der Waals surface area contributed by atoms with Crippen molar-refractivity contribution in [3.05, 3.63) is 63.7 Å². The summed E-state index contributed by atoms with van der Waals surface area (Å²) in [6.45, 7) is 0. The molecule has 0 fully saturated rings. The molecule has 0 aromatic heterocycles. The summed E-state index contributed by atoms with van der Waals surface area (Å²) in [4.78, 5) is 2.68. The third-order valence-corrected chi connectivity index (χ3v) is 2.33. The number of nitrogens with zero attached hydrogens (tertiary/aromatic N) is 3. The molecule has 0 spiro atoms. The highest BCUT2D eigenvalue weighted by molar-refractivity contribution is 6.30. The van der Waals surface area contributed by atoms with Crippen LogP contribution in [0.1, 0.15) is 0 Å². The topological polar surface area (TPSA) is 58.0 Å². The molecule has 0 unspecified atom stereocenters. The minimum atomic E-state index is -0.410. The maximum Gasteiger partial charge on any atom is 0.137 e. The molecule has 18 heavy (non-hydrogen) atoms.